The third kappa shape index (κ3) is 3.81. The Morgan fingerprint density at radius 3 is 2.68 bits per heavy atom. The summed E-state index contributed by atoms with van der Waals surface area (Å²) in [6.45, 7) is 6.53. The van der Waals surface area contributed by atoms with E-state index in [1.165, 1.54) is 17.7 Å². The molecule has 4 rings (SSSR count). The van der Waals surface area contributed by atoms with Crippen LogP contribution in [-0.4, -0.2) is 15.0 Å². The summed E-state index contributed by atoms with van der Waals surface area (Å²) in [5, 5.41) is 3.21. The number of imidazole rings is 1. The minimum Gasteiger partial charge on any atom is -0.437 e. The van der Waals surface area contributed by atoms with E-state index in [0.717, 1.165) is 11.0 Å². The molecule has 0 saturated carbocycles. The van der Waals surface area contributed by atoms with Crippen LogP contribution in [0.2, 0.25) is 0 Å². The number of aromatic amines is 1. The molecular weight excluding hydrogens is 355 g/mol. The Kier molecular flexibility index (Phi) is 4.47. The van der Waals surface area contributed by atoms with Gasteiger partial charge in [-0.05, 0) is 47.4 Å². The number of hydrogen-bond acceptors (Lipinski definition) is 4. The number of pyridine rings is 1. The van der Waals surface area contributed by atoms with Gasteiger partial charge in [-0.15, -0.1) is 0 Å². The molecular formula is C22H21FN4O. The van der Waals surface area contributed by atoms with Gasteiger partial charge in [0.2, 0.25) is 11.8 Å². The van der Waals surface area contributed by atoms with Crippen molar-refractivity contribution in [2.24, 2.45) is 0 Å². The van der Waals surface area contributed by atoms with Crippen LogP contribution in [0.3, 0.4) is 0 Å². The van der Waals surface area contributed by atoms with Crippen LogP contribution in [0.4, 0.5) is 16.0 Å². The maximum Gasteiger partial charge on any atom is 0.243 e. The number of rotatable bonds is 4. The lowest BCUT2D eigenvalue weighted by atomic mass is 9.87. The van der Waals surface area contributed by atoms with Crippen molar-refractivity contribution in [1.29, 1.82) is 0 Å². The lowest BCUT2D eigenvalue weighted by molar-refractivity contribution is 0.460. The largest absolute Gasteiger partial charge is 0.437 e. The average molecular weight is 376 g/mol. The summed E-state index contributed by atoms with van der Waals surface area (Å²) in [4.78, 5) is 12.1. The van der Waals surface area contributed by atoms with Crippen LogP contribution in [0.5, 0.6) is 11.6 Å². The number of aromatic nitrogens is 3. The molecule has 0 bridgehead atoms. The van der Waals surface area contributed by atoms with E-state index in [1.807, 2.05) is 12.1 Å². The monoisotopic (exact) mass is 376 g/mol. The van der Waals surface area contributed by atoms with E-state index in [0.29, 0.717) is 23.3 Å². The summed E-state index contributed by atoms with van der Waals surface area (Å²) >= 11 is 0. The van der Waals surface area contributed by atoms with E-state index in [-0.39, 0.29) is 11.2 Å². The maximum absolute atomic E-state index is 13.4. The topological polar surface area (TPSA) is 62.8 Å². The molecule has 0 aliphatic heterocycles. The molecule has 0 fully saturated rings. The third-order valence-corrected chi connectivity index (χ3v) is 4.38. The van der Waals surface area contributed by atoms with E-state index < -0.39 is 0 Å². The van der Waals surface area contributed by atoms with Crippen molar-refractivity contribution < 1.29 is 9.13 Å². The van der Waals surface area contributed by atoms with Gasteiger partial charge in [0.25, 0.3) is 0 Å². The molecule has 0 spiro atoms. The molecule has 2 aromatic heterocycles. The van der Waals surface area contributed by atoms with Crippen molar-refractivity contribution in [1.82, 2.24) is 15.0 Å². The number of nitrogens with one attached hydrogen (secondary N) is 2. The Balaban J connectivity index is 1.62. The van der Waals surface area contributed by atoms with E-state index in [9.17, 15) is 4.39 Å². The van der Waals surface area contributed by atoms with Crippen LogP contribution in [-0.2, 0) is 5.41 Å². The molecule has 2 N–H and O–H groups in total. The van der Waals surface area contributed by atoms with E-state index in [1.54, 1.807) is 24.4 Å². The van der Waals surface area contributed by atoms with E-state index in [2.05, 4.69) is 53.2 Å². The summed E-state index contributed by atoms with van der Waals surface area (Å²) in [5.74, 6) is 0.929. The number of halogens is 1. The Labute approximate surface area is 162 Å². The molecule has 142 valence electrons. The first kappa shape index (κ1) is 18.0. The molecule has 0 unspecified atom stereocenters. The number of anilines is 2. The molecule has 4 aromatic rings. The molecule has 28 heavy (non-hydrogen) atoms. The van der Waals surface area contributed by atoms with Gasteiger partial charge in [-0.3, -0.25) is 0 Å². The number of hydrogen-bond donors (Lipinski definition) is 2. The first-order valence-corrected chi connectivity index (χ1v) is 9.04. The lowest BCUT2D eigenvalue weighted by Gasteiger charge is -2.18. The third-order valence-electron chi connectivity index (χ3n) is 4.38. The highest BCUT2D eigenvalue weighted by molar-refractivity contribution is 5.79. The van der Waals surface area contributed by atoms with Crippen LogP contribution in [0, 0.1) is 5.82 Å². The van der Waals surface area contributed by atoms with Crippen molar-refractivity contribution in [2.75, 3.05) is 5.32 Å². The molecule has 0 atom stereocenters. The fourth-order valence-corrected chi connectivity index (χ4v) is 2.87. The number of H-pyrrole nitrogens is 1. The van der Waals surface area contributed by atoms with Gasteiger partial charge in [0.05, 0.1) is 11.0 Å². The molecule has 2 heterocycles. The second-order valence-electron chi connectivity index (χ2n) is 7.61. The van der Waals surface area contributed by atoms with E-state index in [4.69, 9.17) is 4.74 Å². The van der Waals surface area contributed by atoms with Crippen molar-refractivity contribution in [2.45, 2.75) is 26.2 Å². The van der Waals surface area contributed by atoms with Gasteiger partial charge in [0, 0.05) is 12.3 Å². The SMILES string of the molecule is CC(C)(C)c1ccc2nc(Nc3cccnc3Oc3cccc(F)c3)[nH]c2c1. The Morgan fingerprint density at radius 2 is 1.89 bits per heavy atom. The zero-order valence-electron chi connectivity index (χ0n) is 16.0. The number of benzene rings is 2. The van der Waals surface area contributed by atoms with Gasteiger partial charge < -0.3 is 15.0 Å². The summed E-state index contributed by atoms with van der Waals surface area (Å²) in [7, 11) is 0. The van der Waals surface area contributed by atoms with Gasteiger partial charge in [0.1, 0.15) is 17.3 Å². The quantitative estimate of drug-likeness (QED) is 0.463. The lowest BCUT2D eigenvalue weighted by Crippen LogP contribution is -2.10. The molecule has 0 aliphatic carbocycles. The molecule has 0 saturated heterocycles. The fraction of sp³-hybridized carbons (Fsp3) is 0.182. The predicted octanol–water partition coefficient (Wildman–Crippen LogP) is 5.93. The highest BCUT2D eigenvalue weighted by Crippen LogP contribution is 2.30. The average Bonchev–Trinajstić information content (AvgIpc) is 3.04. The van der Waals surface area contributed by atoms with E-state index >= 15 is 0 Å². The normalized spacial score (nSPS) is 11.6. The van der Waals surface area contributed by atoms with Crippen molar-refractivity contribution in [3.8, 4) is 11.6 Å². The highest BCUT2D eigenvalue weighted by atomic mass is 19.1. The summed E-state index contributed by atoms with van der Waals surface area (Å²) in [6.07, 6.45) is 1.62. The molecule has 6 heteroatoms. The van der Waals surface area contributed by atoms with Crippen molar-refractivity contribution >= 4 is 22.7 Å². The van der Waals surface area contributed by atoms with Crippen molar-refractivity contribution in [3.05, 3.63) is 72.2 Å². The first-order chi connectivity index (χ1) is 13.4. The second kappa shape index (κ2) is 6.96. The molecule has 0 amide bonds. The number of ether oxygens (including phenoxy) is 1. The summed E-state index contributed by atoms with van der Waals surface area (Å²) in [6, 6.07) is 15.8. The molecule has 2 aromatic carbocycles. The highest BCUT2D eigenvalue weighted by Gasteiger charge is 2.15. The second-order valence-corrected chi connectivity index (χ2v) is 7.61. The predicted molar refractivity (Wildman–Crippen MR) is 109 cm³/mol. The zero-order valence-corrected chi connectivity index (χ0v) is 16.0. The van der Waals surface area contributed by atoms with Crippen LogP contribution in [0.25, 0.3) is 11.0 Å². The molecule has 0 aliphatic rings. The van der Waals surface area contributed by atoms with Gasteiger partial charge >= 0.3 is 0 Å². The van der Waals surface area contributed by atoms with Gasteiger partial charge in [-0.2, -0.15) is 0 Å². The Morgan fingerprint density at radius 1 is 1.04 bits per heavy atom. The molecule has 5 nitrogen and oxygen atoms in total. The Hall–Kier alpha value is -3.41. The van der Waals surface area contributed by atoms with Crippen LogP contribution in [0.1, 0.15) is 26.3 Å². The maximum atomic E-state index is 13.4. The van der Waals surface area contributed by atoms with Gasteiger partial charge in [0.15, 0.2) is 0 Å². The van der Waals surface area contributed by atoms with Crippen LogP contribution >= 0.6 is 0 Å². The van der Waals surface area contributed by atoms with Gasteiger partial charge in [-0.1, -0.05) is 32.9 Å². The minimum absolute atomic E-state index is 0.0577. The smallest absolute Gasteiger partial charge is 0.243 e. The van der Waals surface area contributed by atoms with Gasteiger partial charge in [-0.25, -0.2) is 14.4 Å². The number of fused-ring (bicyclic) bond motifs is 1. The first-order valence-electron chi connectivity index (χ1n) is 9.04. The van der Waals surface area contributed by atoms with Crippen molar-refractivity contribution in [3.63, 3.8) is 0 Å². The fourth-order valence-electron chi connectivity index (χ4n) is 2.87. The summed E-state index contributed by atoms with van der Waals surface area (Å²) < 4.78 is 19.2. The van der Waals surface area contributed by atoms with Crippen LogP contribution < -0.4 is 10.1 Å². The summed E-state index contributed by atoms with van der Waals surface area (Å²) in [5.41, 5.74) is 3.73. The molecule has 0 radical (unpaired) electrons. The number of nitrogens with zero attached hydrogens (tertiary/aromatic N) is 2. The standard InChI is InChI=1S/C22H21FN4O/c1-22(2,3)14-9-10-17-19(12-14)27-21(25-17)26-18-8-5-11-24-20(18)28-16-7-4-6-15(23)13-16/h4-13H,1-3H3,(H2,25,26,27). The zero-order chi connectivity index (χ0) is 19.7. The Bertz CT molecular complexity index is 1130. The minimum atomic E-state index is -0.366. The van der Waals surface area contributed by atoms with Crippen LogP contribution in [0.15, 0.2) is 60.8 Å².